The minimum Gasteiger partial charge on any atom is -0.508 e. The molecule has 0 saturated heterocycles. The van der Waals surface area contributed by atoms with E-state index in [2.05, 4.69) is 17.2 Å². The maximum atomic E-state index is 12.3. The molecular formula is C18H18N2O3. The number of phenols is 1. The second-order valence-electron chi connectivity index (χ2n) is 4.87. The van der Waals surface area contributed by atoms with E-state index in [1.54, 1.807) is 42.5 Å². The van der Waals surface area contributed by atoms with E-state index in [1.165, 1.54) is 0 Å². The predicted molar refractivity (Wildman–Crippen MR) is 89.4 cm³/mol. The number of phenolic OH excluding ortho intramolecular Hbond substituents is 1. The molecule has 0 atom stereocenters. The summed E-state index contributed by atoms with van der Waals surface area (Å²) in [6, 6.07) is 13.7. The molecule has 0 unspecified atom stereocenters. The van der Waals surface area contributed by atoms with Crippen LogP contribution in [0.25, 0.3) is 0 Å². The third-order valence-corrected chi connectivity index (χ3v) is 3.29. The van der Waals surface area contributed by atoms with Crippen molar-refractivity contribution in [3.05, 3.63) is 72.3 Å². The Morgan fingerprint density at radius 2 is 1.78 bits per heavy atom. The van der Waals surface area contributed by atoms with Gasteiger partial charge in [0, 0.05) is 6.54 Å². The number of carbonyl (C=O) groups excluding carboxylic acids is 2. The van der Waals surface area contributed by atoms with Crippen LogP contribution in [-0.4, -0.2) is 23.5 Å². The van der Waals surface area contributed by atoms with E-state index in [1.807, 2.05) is 6.07 Å². The lowest BCUT2D eigenvalue weighted by Crippen LogP contribution is -2.27. The standard InChI is InChI=1S/C18H18N2O3/c1-2-17(22)20-15-9-5-4-8-14(15)18(23)19-12-11-13-7-3-6-10-16(13)21/h2-10,21H,1,11-12H2,(H,19,23)(H,20,22). The molecule has 2 aromatic rings. The molecule has 2 aromatic carbocycles. The second-order valence-corrected chi connectivity index (χ2v) is 4.87. The van der Waals surface area contributed by atoms with Crippen molar-refractivity contribution in [2.45, 2.75) is 6.42 Å². The highest BCUT2D eigenvalue weighted by molar-refractivity contribution is 6.06. The molecule has 0 aliphatic rings. The molecule has 0 saturated carbocycles. The van der Waals surface area contributed by atoms with E-state index in [-0.39, 0.29) is 17.6 Å². The highest BCUT2D eigenvalue weighted by Crippen LogP contribution is 2.17. The average Bonchev–Trinajstić information content (AvgIpc) is 2.57. The van der Waals surface area contributed by atoms with Crippen LogP contribution in [0.1, 0.15) is 15.9 Å². The molecule has 118 valence electrons. The first kappa shape index (κ1) is 16.3. The van der Waals surface area contributed by atoms with Crippen molar-refractivity contribution in [1.29, 1.82) is 0 Å². The number of carbonyl (C=O) groups is 2. The van der Waals surface area contributed by atoms with Gasteiger partial charge in [-0.25, -0.2) is 0 Å². The number of para-hydroxylation sites is 2. The molecule has 0 aromatic heterocycles. The lowest BCUT2D eigenvalue weighted by molar-refractivity contribution is -0.111. The quantitative estimate of drug-likeness (QED) is 0.717. The van der Waals surface area contributed by atoms with Gasteiger partial charge in [0.2, 0.25) is 5.91 Å². The zero-order valence-electron chi connectivity index (χ0n) is 12.6. The summed E-state index contributed by atoms with van der Waals surface area (Å²) in [6.07, 6.45) is 1.66. The lowest BCUT2D eigenvalue weighted by Gasteiger charge is -2.11. The molecule has 0 heterocycles. The van der Waals surface area contributed by atoms with Crippen LogP contribution in [0.15, 0.2) is 61.2 Å². The fourth-order valence-corrected chi connectivity index (χ4v) is 2.10. The van der Waals surface area contributed by atoms with Crippen LogP contribution in [0, 0.1) is 0 Å². The number of hydrogen-bond donors (Lipinski definition) is 3. The number of hydrogen-bond acceptors (Lipinski definition) is 3. The molecule has 0 spiro atoms. The minimum atomic E-state index is -0.376. The van der Waals surface area contributed by atoms with Gasteiger partial charge >= 0.3 is 0 Å². The largest absolute Gasteiger partial charge is 0.508 e. The zero-order chi connectivity index (χ0) is 16.7. The molecule has 2 amide bonds. The molecule has 0 radical (unpaired) electrons. The number of aromatic hydroxyl groups is 1. The summed E-state index contributed by atoms with van der Waals surface area (Å²) in [6.45, 7) is 3.76. The van der Waals surface area contributed by atoms with E-state index >= 15 is 0 Å². The highest BCUT2D eigenvalue weighted by atomic mass is 16.3. The third kappa shape index (κ3) is 4.44. The van der Waals surface area contributed by atoms with Gasteiger partial charge in [-0.1, -0.05) is 36.9 Å². The number of amides is 2. The topological polar surface area (TPSA) is 78.4 Å². The molecule has 5 heteroatoms. The van der Waals surface area contributed by atoms with Gasteiger partial charge < -0.3 is 15.7 Å². The Kier molecular flexibility index (Phi) is 5.52. The van der Waals surface area contributed by atoms with Crippen LogP contribution in [0.5, 0.6) is 5.75 Å². The first-order valence-electron chi connectivity index (χ1n) is 7.19. The van der Waals surface area contributed by atoms with Crippen molar-refractivity contribution in [3.8, 4) is 5.75 Å². The summed E-state index contributed by atoms with van der Waals surface area (Å²) in [4.78, 5) is 23.7. The summed E-state index contributed by atoms with van der Waals surface area (Å²) in [5.41, 5.74) is 1.57. The van der Waals surface area contributed by atoms with Crippen LogP contribution < -0.4 is 10.6 Å². The fourth-order valence-electron chi connectivity index (χ4n) is 2.10. The van der Waals surface area contributed by atoms with Gasteiger partial charge in [-0.05, 0) is 36.3 Å². The molecule has 0 aliphatic carbocycles. The van der Waals surface area contributed by atoms with E-state index in [9.17, 15) is 14.7 Å². The maximum absolute atomic E-state index is 12.3. The Bertz CT molecular complexity index is 726. The van der Waals surface area contributed by atoms with Crippen LogP contribution in [0.2, 0.25) is 0 Å². The van der Waals surface area contributed by atoms with Gasteiger partial charge in [0.1, 0.15) is 5.75 Å². The summed E-state index contributed by atoms with van der Waals surface area (Å²) in [7, 11) is 0. The molecule has 0 bridgehead atoms. The van der Waals surface area contributed by atoms with E-state index in [0.29, 0.717) is 24.2 Å². The fraction of sp³-hybridized carbons (Fsp3) is 0.111. The second kappa shape index (κ2) is 7.79. The Labute approximate surface area is 134 Å². The SMILES string of the molecule is C=CC(=O)Nc1ccccc1C(=O)NCCc1ccccc1O. The van der Waals surface area contributed by atoms with Gasteiger partial charge in [0.05, 0.1) is 11.3 Å². The van der Waals surface area contributed by atoms with E-state index < -0.39 is 0 Å². The molecule has 3 N–H and O–H groups in total. The monoisotopic (exact) mass is 310 g/mol. The van der Waals surface area contributed by atoms with E-state index in [4.69, 9.17) is 0 Å². The van der Waals surface area contributed by atoms with Crippen molar-refractivity contribution >= 4 is 17.5 Å². The summed E-state index contributed by atoms with van der Waals surface area (Å²) in [5.74, 6) is -0.458. The molecule has 23 heavy (non-hydrogen) atoms. The Hall–Kier alpha value is -3.08. The Morgan fingerprint density at radius 3 is 2.52 bits per heavy atom. The Morgan fingerprint density at radius 1 is 1.09 bits per heavy atom. The van der Waals surface area contributed by atoms with Gasteiger partial charge in [-0.15, -0.1) is 0 Å². The Balaban J connectivity index is 1.99. The molecule has 5 nitrogen and oxygen atoms in total. The molecule has 0 fully saturated rings. The summed E-state index contributed by atoms with van der Waals surface area (Å²) in [5, 5.41) is 15.1. The van der Waals surface area contributed by atoms with Crippen molar-refractivity contribution in [2.75, 3.05) is 11.9 Å². The smallest absolute Gasteiger partial charge is 0.253 e. The van der Waals surface area contributed by atoms with Gasteiger partial charge in [0.15, 0.2) is 0 Å². The minimum absolute atomic E-state index is 0.209. The number of anilines is 1. The predicted octanol–water partition coefficient (Wildman–Crippen LogP) is 2.49. The zero-order valence-corrected chi connectivity index (χ0v) is 12.6. The van der Waals surface area contributed by atoms with Crippen LogP contribution in [0.3, 0.4) is 0 Å². The van der Waals surface area contributed by atoms with Crippen molar-refractivity contribution in [3.63, 3.8) is 0 Å². The first-order valence-corrected chi connectivity index (χ1v) is 7.19. The normalized spacial score (nSPS) is 9.91. The maximum Gasteiger partial charge on any atom is 0.253 e. The highest BCUT2D eigenvalue weighted by Gasteiger charge is 2.11. The van der Waals surface area contributed by atoms with Crippen LogP contribution >= 0.6 is 0 Å². The first-order chi connectivity index (χ1) is 11.1. The molecule has 2 rings (SSSR count). The molecular weight excluding hydrogens is 292 g/mol. The van der Waals surface area contributed by atoms with Gasteiger partial charge in [-0.3, -0.25) is 9.59 Å². The summed E-state index contributed by atoms with van der Waals surface area (Å²) >= 11 is 0. The number of benzene rings is 2. The lowest BCUT2D eigenvalue weighted by atomic mass is 10.1. The van der Waals surface area contributed by atoms with E-state index in [0.717, 1.165) is 11.6 Å². The number of rotatable bonds is 6. The average molecular weight is 310 g/mol. The van der Waals surface area contributed by atoms with Crippen LogP contribution in [0.4, 0.5) is 5.69 Å². The summed E-state index contributed by atoms with van der Waals surface area (Å²) < 4.78 is 0. The number of nitrogens with one attached hydrogen (secondary N) is 2. The van der Waals surface area contributed by atoms with Crippen LogP contribution in [-0.2, 0) is 11.2 Å². The third-order valence-electron chi connectivity index (χ3n) is 3.29. The van der Waals surface area contributed by atoms with Crippen molar-refractivity contribution in [1.82, 2.24) is 5.32 Å². The van der Waals surface area contributed by atoms with Crippen molar-refractivity contribution < 1.29 is 14.7 Å². The van der Waals surface area contributed by atoms with Crippen molar-refractivity contribution in [2.24, 2.45) is 0 Å². The van der Waals surface area contributed by atoms with Gasteiger partial charge in [0.25, 0.3) is 5.91 Å². The molecule has 0 aliphatic heterocycles. The van der Waals surface area contributed by atoms with Gasteiger partial charge in [-0.2, -0.15) is 0 Å².